The van der Waals surface area contributed by atoms with Crippen LogP contribution in [0.5, 0.6) is 5.75 Å². The lowest BCUT2D eigenvalue weighted by Crippen LogP contribution is -2.51. The molecule has 6 heterocycles. The number of nitriles is 2. The number of rotatable bonds is 8. The summed E-state index contributed by atoms with van der Waals surface area (Å²) >= 11 is 26.8. The molecule has 4 aliphatic rings. The van der Waals surface area contributed by atoms with E-state index in [1.165, 1.54) is 18.5 Å². The van der Waals surface area contributed by atoms with Gasteiger partial charge in [0.05, 0.1) is 48.0 Å². The van der Waals surface area contributed by atoms with Crippen molar-refractivity contribution in [1.29, 1.82) is 10.5 Å². The van der Waals surface area contributed by atoms with Gasteiger partial charge in [-0.1, -0.05) is 119 Å². The molecule has 324 valence electrons. The molecule has 2 aromatic heterocycles. The third kappa shape index (κ3) is 8.26. The van der Waals surface area contributed by atoms with Crippen molar-refractivity contribution in [3.05, 3.63) is 193 Å². The maximum Gasteiger partial charge on any atom is 0.141 e. The summed E-state index contributed by atoms with van der Waals surface area (Å²) < 4.78 is 13.5. The van der Waals surface area contributed by atoms with E-state index in [0.29, 0.717) is 51.5 Å². The van der Waals surface area contributed by atoms with Crippen molar-refractivity contribution in [2.45, 2.75) is 98.4 Å². The van der Waals surface area contributed by atoms with Gasteiger partial charge in [-0.3, -0.25) is 19.8 Å². The number of pyridine rings is 2. The summed E-state index contributed by atoms with van der Waals surface area (Å²) in [5.74, 6) is -0.278. The second kappa shape index (κ2) is 18.5. The first kappa shape index (κ1) is 44.2. The number of aromatic nitrogens is 2. The Hall–Kier alpha value is -5.03. The molecule has 4 unspecified atom stereocenters. The van der Waals surface area contributed by atoms with E-state index in [9.17, 15) is 20.0 Å². The van der Waals surface area contributed by atoms with E-state index in [0.717, 1.165) is 53.6 Å². The Morgan fingerprint density at radius 2 is 0.844 bits per heavy atom. The second-order valence-electron chi connectivity index (χ2n) is 17.5. The van der Waals surface area contributed by atoms with Gasteiger partial charge in [0.1, 0.15) is 22.4 Å². The Bertz CT molecular complexity index is 2420. The average molecular weight is 931 g/mol. The highest BCUT2D eigenvalue weighted by Gasteiger charge is 2.54. The van der Waals surface area contributed by atoms with E-state index in [2.05, 4.69) is 56.2 Å². The smallest absolute Gasteiger partial charge is 0.141 e. The largest absolute Gasteiger partial charge is 0.506 e. The molecule has 4 atom stereocenters. The van der Waals surface area contributed by atoms with Crippen LogP contribution in [0.1, 0.15) is 97.1 Å². The zero-order valence-corrected chi connectivity index (χ0v) is 37.9. The van der Waals surface area contributed by atoms with Gasteiger partial charge in [0.15, 0.2) is 0 Å². The SMILES string of the molecule is N#CC1(c2ccc(F)cn2)CC2CCC(C1)N2C(c1ccccc1Cl)c1ccccc1Cl.N#CC1(c2ccc(O)cn2)CC2CCC(C1)N2C(c1ccccc1Cl)c1ccccc1Cl. The minimum absolute atomic E-state index is 0.0839. The van der Waals surface area contributed by atoms with Crippen LogP contribution < -0.4 is 0 Å². The third-order valence-corrected chi connectivity index (χ3v) is 15.3. The molecule has 0 aliphatic carbocycles. The summed E-state index contributed by atoms with van der Waals surface area (Å²) in [4.78, 5) is 13.7. The first-order valence-corrected chi connectivity index (χ1v) is 23.2. The summed E-state index contributed by atoms with van der Waals surface area (Å²) in [5, 5.41) is 33.0. The van der Waals surface area contributed by atoms with E-state index < -0.39 is 10.8 Å². The Labute approximate surface area is 393 Å². The van der Waals surface area contributed by atoms with Gasteiger partial charge >= 0.3 is 0 Å². The zero-order valence-electron chi connectivity index (χ0n) is 34.8. The Balaban J connectivity index is 0.000000162. The predicted octanol–water partition coefficient (Wildman–Crippen LogP) is 13.0. The number of hydrogen-bond donors (Lipinski definition) is 1. The molecule has 12 heteroatoms. The van der Waals surface area contributed by atoms with Gasteiger partial charge in [-0.2, -0.15) is 10.5 Å². The van der Waals surface area contributed by atoms with Crippen molar-refractivity contribution in [3.63, 3.8) is 0 Å². The standard InChI is InChI=1S/C26H22Cl2FN3.C26H23Cl2N3O/c27-22-7-3-1-5-20(22)25(21-6-2-4-8-23(21)28)32-18-10-11-19(32)14-26(13-18,16-30)24-12-9-17(29)15-31-24;27-22-7-3-1-5-20(22)25(21-6-2-4-8-23(21)28)31-17-9-10-18(31)14-26(13-17,16-29)24-12-11-19(32)15-30-24/h1-9,12,15,18-19,25H,10-11,13-14H2;1-8,11-12,15,17-18,25,32H,9-10,13-14H2. The van der Waals surface area contributed by atoms with E-state index in [1.54, 1.807) is 18.2 Å². The van der Waals surface area contributed by atoms with E-state index in [1.807, 2.05) is 72.8 Å². The highest BCUT2D eigenvalue weighted by molar-refractivity contribution is 6.33. The van der Waals surface area contributed by atoms with Crippen LogP contribution >= 0.6 is 46.4 Å². The number of fused-ring (bicyclic) bond motifs is 4. The average Bonchev–Trinajstić information content (AvgIpc) is 3.72. The monoisotopic (exact) mass is 928 g/mol. The van der Waals surface area contributed by atoms with Crippen LogP contribution in [0.25, 0.3) is 0 Å². The number of hydrogen-bond acceptors (Lipinski definition) is 7. The van der Waals surface area contributed by atoms with Crippen molar-refractivity contribution in [3.8, 4) is 17.9 Å². The fourth-order valence-electron chi connectivity index (χ4n) is 11.2. The molecule has 1 N–H and O–H groups in total. The van der Waals surface area contributed by atoms with Gasteiger partial charge in [-0.05, 0) is 122 Å². The molecule has 6 aromatic rings. The minimum atomic E-state index is -0.721. The topological polar surface area (TPSA) is 100 Å². The molecule has 4 aromatic carbocycles. The van der Waals surface area contributed by atoms with Crippen molar-refractivity contribution >= 4 is 46.4 Å². The van der Waals surface area contributed by atoms with Crippen LogP contribution in [-0.2, 0) is 10.8 Å². The van der Waals surface area contributed by atoms with Crippen molar-refractivity contribution < 1.29 is 9.50 Å². The van der Waals surface area contributed by atoms with Crippen molar-refractivity contribution in [2.75, 3.05) is 0 Å². The summed E-state index contributed by atoms with van der Waals surface area (Å²) in [6.45, 7) is 0. The Morgan fingerprint density at radius 1 is 0.516 bits per heavy atom. The lowest BCUT2D eigenvalue weighted by molar-refractivity contribution is 0.0740. The number of aromatic hydroxyl groups is 1. The lowest BCUT2D eigenvalue weighted by Gasteiger charge is -2.47. The number of nitrogens with zero attached hydrogens (tertiary/aromatic N) is 6. The van der Waals surface area contributed by atoms with E-state index in [4.69, 9.17) is 46.4 Å². The number of piperidine rings is 2. The first-order valence-electron chi connectivity index (χ1n) is 21.7. The third-order valence-electron chi connectivity index (χ3n) is 14.0. The maximum atomic E-state index is 13.5. The van der Waals surface area contributed by atoms with Crippen LogP contribution in [0.2, 0.25) is 20.1 Å². The predicted molar refractivity (Wildman–Crippen MR) is 250 cm³/mol. The second-order valence-corrected chi connectivity index (χ2v) is 19.2. The molecule has 4 saturated heterocycles. The van der Waals surface area contributed by atoms with Crippen LogP contribution in [0, 0.1) is 28.5 Å². The fraction of sp³-hybridized carbons (Fsp3) is 0.308. The van der Waals surface area contributed by atoms with Gasteiger partial charge < -0.3 is 5.11 Å². The van der Waals surface area contributed by atoms with Crippen LogP contribution in [0.3, 0.4) is 0 Å². The first-order chi connectivity index (χ1) is 31.0. The van der Waals surface area contributed by atoms with Crippen molar-refractivity contribution in [1.82, 2.24) is 19.8 Å². The molecule has 10 rings (SSSR count). The zero-order chi connectivity index (χ0) is 44.6. The van der Waals surface area contributed by atoms with Crippen molar-refractivity contribution in [2.24, 2.45) is 0 Å². The summed E-state index contributed by atoms with van der Waals surface area (Å²) in [7, 11) is 0. The molecule has 4 aliphatic heterocycles. The summed E-state index contributed by atoms with van der Waals surface area (Å²) in [5.41, 5.74) is 4.11. The van der Waals surface area contributed by atoms with E-state index in [-0.39, 0.29) is 47.8 Å². The molecular formula is C52H45Cl4FN6O. The number of halogens is 5. The normalized spacial score (nSPS) is 25.1. The molecule has 4 bridgehead atoms. The van der Waals surface area contributed by atoms with Gasteiger partial charge in [-0.25, -0.2) is 4.39 Å². The van der Waals surface area contributed by atoms with Gasteiger partial charge in [0.2, 0.25) is 0 Å². The highest BCUT2D eigenvalue weighted by Crippen LogP contribution is 2.54. The van der Waals surface area contributed by atoms with Crippen LogP contribution in [-0.4, -0.2) is 49.0 Å². The van der Waals surface area contributed by atoms with Gasteiger partial charge in [0.25, 0.3) is 0 Å². The summed E-state index contributed by atoms with van der Waals surface area (Å²) in [6, 6.07) is 43.8. The summed E-state index contributed by atoms with van der Waals surface area (Å²) in [6.07, 6.45) is 9.29. The Morgan fingerprint density at radius 3 is 1.12 bits per heavy atom. The van der Waals surface area contributed by atoms with Crippen LogP contribution in [0.4, 0.5) is 4.39 Å². The van der Waals surface area contributed by atoms with Crippen LogP contribution in [0.15, 0.2) is 134 Å². The maximum absolute atomic E-state index is 13.5. The Kier molecular flexibility index (Phi) is 12.7. The molecular weight excluding hydrogens is 885 g/mol. The lowest BCUT2D eigenvalue weighted by atomic mass is 9.72. The molecule has 0 saturated carbocycles. The highest BCUT2D eigenvalue weighted by atomic mass is 35.5. The molecule has 0 radical (unpaired) electrons. The number of benzene rings is 4. The molecule has 0 spiro atoms. The molecule has 7 nitrogen and oxygen atoms in total. The molecule has 0 amide bonds. The molecule has 4 fully saturated rings. The minimum Gasteiger partial charge on any atom is -0.506 e. The van der Waals surface area contributed by atoms with Gasteiger partial charge in [-0.15, -0.1) is 0 Å². The fourth-order valence-corrected chi connectivity index (χ4v) is 12.2. The molecule has 64 heavy (non-hydrogen) atoms. The van der Waals surface area contributed by atoms with Gasteiger partial charge in [0, 0.05) is 44.3 Å². The quantitative estimate of drug-likeness (QED) is 0.162. The van der Waals surface area contributed by atoms with E-state index >= 15 is 0 Å².